The first-order valence-corrected chi connectivity index (χ1v) is 6.72. The Morgan fingerprint density at radius 2 is 1.80 bits per heavy atom. The summed E-state index contributed by atoms with van der Waals surface area (Å²) in [7, 11) is 0. The number of rotatable bonds is 3. The second-order valence-electron chi connectivity index (χ2n) is 5.96. The van der Waals surface area contributed by atoms with Crippen molar-refractivity contribution in [2.45, 2.75) is 58.8 Å². The molecule has 1 heteroatoms. The van der Waals surface area contributed by atoms with Gasteiger partial charge in [0.25, 0.3) is 0 Å². The molecule has 15 heavy (non-hydrogen) atoms. The van der Waals surface area contributed by atoms with Gasteiger partial charge in [0.15, 0.2) is 0 Å². The number of carbonyl (C=O) groups excluding carboxylic acids is 1. The largest absolute Gasteiger partial charge is 0.299 e. The first-order chi connectivity index (χ1) is 7.18. The summed E-state index contributed by atoms with van der Waals surface area (Å²) in [6, 6.07) is 0. The normalized spacial score (nSPS) is 33.1. The summed E-state index contributed by atoms with van der Waals surface area (Å²) in [6.07, 6.45) is 8.88. The quantitative estimate of drug-likeness (QED) is 0.689. The standard InChI is InChI=1S/C14H24O/c1-10(2)9-12-7-8-13(14(12)15)11-5-3-4-6-11/h10-13H,3-9H2,1-2H3. The van der Waals surface area contributed by atoms with Gasteiger partial charge in [-0.05, 0) is 43.9 Å². The van der Waals surface area contributed by atoms with Gasteiger partial charge in [-0.15, -0.1) is 0 Å². The molecule has 2 aliphatic carbocycles. The highest BCUT2D eigenvalue weighted by molar-refractivity contribution is 5.85. The van der Waals surface area contributed by atoms with Crippen LogP contribution in [0.5, 0.6) is 0 Å². The average molecular weight is 208 g/mol. The fourth-order valence-corrected chi connectivity index (χ4v) is 3.60. The lowest BCUT2D eigenvalue weighted by atomic mass is 9.86. The van der Waals surface area contributed by atoms with E-state index >= 15 is 0 Å². The van der Waals surface area contributed by atoms with Crippen LogP contribution in [0.2, 0.25) is 0 Å². The molecule has 2 fully saturated rings. The van der Waals surface area contributed by atoms with Gasteiger partial charge in [-0.1, -0.05) is 26.7 Å². The van der Waals surface area contributed by atoms with Crippen LogP contribution in [0.15, 0.2) is 0 Å². The Morgan fingerprint density at radius 3 is 2.40 bits per heavy atom. The average Bonchev–Trinajstić information content (AvgIpc) is 2.76. The lowest BCUT2D eigenvalue weighted by Gasteiger charge is -2.17. The summed E-state index contributed by atoms with van der Waals surface area (Å²) >= 11 is 0. The number of ketones is 1. The van der Waals surface area contributed by atoms with Crippen molar-refractivity contribution in [3.63, 3.8) is 0 Å². The van der Waals surface area contributed by atoms with Crippen LogP contribution >= 0.6 is 0 Å². The number of hydrogen-bond acceptors (Lipinski definition) is 1. The molecule has 2 unspecified atom stereocenters. The van der Waals surface area contributed by atoms with Crippen molar-refractivity contribution >= 4 is 5.78 Å². The van der Waals surface area contributed by atoms with Crippen LogP contribution in [0, 0.1) is 23.7 Å². The molecule has 0 N–H and O–H groups in total. The van der Waals surface area contributed by atoms with Gasteiger partial charge in [0.05, 0.1) is 0 Å². The van der Waals surface area contributed by atoms with E-state index in [1.165, 1.54) is 38.5 Å². The molecule has 0 heterocycles. The number of Topliss-reactive ketones (excluding diaryl/α,β-unsaturated/α-hetero) is 1. The predicted octanol–water partition coefficient (Wildman–Crippen LogP) is 3.82. The molecule has 0 aromatic carbocycles. The van der Waals surface area contributed by atoms with Crippen LogP contribution in [0.3, 0.4) is 0 Å². The molecule has 0 radical (unpaired) electrons. The SMILES string of the molecule is CC(C)CC1CCC(C2CCCC2)C1=O. The lowest BCUT2D eigenvalue weighted by Crippen LogP contribution is -2.21. The minimum Gasteiger partial charge on any atom is -0.299 e. The molecule has 0 aliphatic heterocycles. The monoisotopic (exact) mass is 208 g/mol. The topological polar surface area (TPSA) is 17.1 Å². The van der Waals surface area contributed by atoms with Gasteiger partial charge in [-0.25, -0.2) is 0 Å². The van der Waals surface area contributed by atoms with E-state index in [9.17, 15) is 4.79 Å². The van der Waals surface area contributed by atoms with E-state index in [1.807, 2.05) is 0 Å². The summed E-state index contributed by atoms with van der Waals surface area (Å²) in [6.45, 7) is 4.46. The Kier molecular flexibility index (Phi) is 3.48. The van der Waals surface area contributed by atoms with Crippen LogP contribution in [0.25, 0.3) is 0 Å². The molecule has 0 aromatic heterocycles. The Bertz CT molecular complexity index is 225. The summed E-state index contributed by atoms with van der Waals surface area (Å²) in [5.41, 5.74) is 0. The van der Waals surface area contributed by atoms with Crippen LogP contribution in [-0.4, -0.2) is 5.78 Å². The zero-order chi connectivity index (χ0) is 10.8. The maximum atomic E-state index is 12.2. The Hall–Kier alpha value is -0.330. The third-order valence-electron chi connectivity index (χ3n) is 4.32. The van der Waals surface area contributed by atoms with Crippen molar-refractivity contribution in [3.8, 4) is 0 Å². The van der Waals surface area contributed by atoms with E-state index in [4.69, 9.17) is 0 Å². The molecule has 86 valence electrons. The highest BCUT2D eigenvalue weighted by Crippen LogP contribution is 2.42. The minimum atomic E-state index is 0.413. The molecule has 0 amide bonds. The van der Waals surface area contributed by atoms with Gasteiger partial charge >= 0.3 is 0 Å². The van der Waals surface area contributed by atoms with Crippen molar-refractivity contribution in [1.29, 1.82) is 0 Å². The Morgan fingerprint density at radius 1 is 1.13 bits per heavy atom. The smallest absolute Gasteiger partial charge is 0.139 e. The van der Waals surface area contributed by atoms with Crippen LogP contribution < -0.4 is 0 Å². The van der Waals surface area contributed by atoms with Crippen molar-refractivity contribution in [1.82, 2.24) is 0 Å². The second-order valence-corrected chi connectivity index (χ2v) is 5.96. The van der Waals surface area contributed by atoms with Gasteiger partial charge in [0.1, 0.15) is 5.78 Å². The lowest BCUT2D eigenvalue weighted by molar-refractivity contribution is -0.125. The highest BCUT2D eigenvalue weighted by Gasteiger charge is 2.39. The molecular weight excluding hydrogens is 184 g/mol. The fourth-order valence-electron chi connectivity index (χ4n) is 3.60. The van der Waals surface area contributed by atoms with Crippen molar-refractivity contribution < 1.29 is 4.79 Å². The summed E-state index contributed by atoms with van der Waals surface area (Å²) in [5.74, 6) is 2.93. The maximum absolute atomic E-state index is 12.2. The first kappa shape index (κ1) is 11.2. The molecule has 2 rings (SSSR count). The summed E-state index contributed by atoms with van der Waals surface area (Å²) < 4.78 is 0. The zero-order valence-electron chi connectivity index (χ0n) is 10.2. The molecular formula is C14H24O. The van der Waals surface area contributed by atoms with Gasteiger partial charge in [0, 0.05) is 11.8 Å². The Balaban J connectivity index is 1.91. The Labute approximate surface area is 93.6 Å². The van der Waals surface area contributed by atoms with Gasteiger partial charge in [-0.2, -0.15) is 0 Å². The molecule has 0 spiro atoms. The van der Waals surface area contributed by atoms with Crippen molar-refractivity contribution in [2.75, 3.05) is 0 Å². The van der Waals surface area contributed by atoms with Crippen molar-refractivity contribution in [2.24, 2.45) is 23.7 Å². The molecule has 0 bridgehead atoms. The zero-order valence-corrected chi connectivity index (χ0v) is 10.2. The van der Waals surface area contributed by atoms with Crippen LogP contribution in [0.1, 0.15) is 58.8 Å². The van der Waals surface area contributed by atoms with E-state index in [1.54, 1.807) is 0 Å². The van der Waals surface area contributed by atoms with E-state index in [0.29, 0.717) is 23.5 Å². The van der Waals surface area contributed by atoms with E-state index < -0.39 is 0 Å². The van der Waals surface area contributed by atoms with E-state index in [0.717, 1.165) is 12.3 Å². The summed E-state index contributed by atoms with van der Waals surface area (Å²) in [4.78, 5) is 12.2. The molecule has 0 aromatic rings. The first-order valence-electron chi connectivity index (χ1n) is 6.72. The van der Waals surface area contributed by atoms with Gasteiger partial charge in [-0.3, -0.25) is 4.79 Å². The maximum Gasteiger partial charge on any atom is 0.139 e. The number of hydrogen-bond donors (Lipinski definition) is 0. The molecule has 2 aliphatic rings. The van der Waals surface area contributed by atoms with Gasteiger partial charge in [0.2, 0.25) is 0 Å². The van der Waals surface area contributed by atoms with Crippen LogP contribution in [0.4, 0.5) is 0 Å². The van der Waals surface area contributed by atoms with E-state index in [2.05, 4.69) is 13.8 Å². The molecule has 1 nitrogen and oxygen atoms in total. The third-order valence-corrected chi connectivity index (χ3v) is 4.32. The van der Waals surface area contributed by atoms with Gasteiger partial charge < -0.3 is 0 Å². The molecule has 0 saturated heterocycles. The van der Waals surface area contributed by atoms with Crippen LogP contribution in [-0.2, 0) is 4.79 Å². The minimum absolute atomic E-state index is 0.413. The van der Waals surface area contributed by atoms with E-state index in [-0.39, 0.29) is 0 Å². The number of carbonyl (C=O) groups is 1. The predicted molar refractivity (Wildman–Crippen MR) is 62.6 cm³/mol. The summed E-state index contributed by atoms with van der Waals surface area (Å²) in [5, 5.41) is 0. The second kappa shape index (κ2) is 4.67. The molecule has 2 atom stereocenters. The highest BCUT2D eigenvalue weighted by atomic mass is 16.1. The fraction of sp³-hybridized carbons (Fsp3) is 0.929. The molecule has 2 saturated carbocycles. The third kappa shape index (κ3) is 2.43. The van der Waals surface area contributed by atoms with Crippen molar-refractivity contribution in [3.05, 3.63) is 0 Å².